The van der Waals surface area contributed by atoms with Gasteiger partial charge in [-0.1, -0.05) is 32.0 Å². The highest BCUT2D eigenvalue weighted by Gasteiger charge is 2.20. The summed E-state index contributed by atoms with van der Waals surface area (Å²) in [7, 11) is 0. The fourth-order valence-corrected chi connectivity index (χ4v) is 3.00. The second kappa shape index (κ2) is 9.33. The highest BCUT2D eigenvalue weighted by atomic mass is 32.1. The first-order valence-electron chi connectivity index (χ1n) is 8.72. The molecule has 6 nitrogen and oxygen atoms in total. The highest BCUT2D eigenvalue weighted by molar-refractivity contribution is 7.09. The maximum absolute atomic E-state index is 12.6. The molecule has 26 heavy (non-hydrogen) atoms. The lowest BCUT2D eigenvalue weighted by Crippen LogP contribution is -2.39. The second-order valence-corrected chi connectivity index (χ2v) is 7.69. The quantitative estimate of drug-likeness (QED) is 0.770. The van der Waals surface area contributed by atoms with Gasteiger partial charge in [0.05, 0.1) is 6.54 Å². The first kappa shape index (κ1) is 19.9. The zero-order chi connectivity index (χ0) is 19.1. The van der Waals surface area contributed by atoms with E-state index >= 15 is 0 Å². The number of hydrogen-bond donors (Lipinski definition) is 2. The molecule has 0 saturated carbocycles. The van der Waals surface area contributed by atoms with Gasteiger partial charge in [-0.2, -0.15) is 0 Å². The summed E-state index contributed by atoms with van der Waals surface area (Å²) in [6.07, 6.45) is 0. The topological polar surface area (TPSA) is 74.3 Å². The number of rotatable bonds is 7. The van der Waals surface area contributed by atoms with Crippen LogP contribution in [0.2, 0.25) is 0 Å². The third-order valence-corrected chi connectivity index (χ3v) is 4.50. The predicted molar refractivity (Wildman–Crippen MR) is 105 cm³/mol. The Balaban J connectivity index is 2.01. The Kier molecular flexibility index (Phi) is 7.15. The van der Waals surface area contributed by atoms with Crippen LogP contribution in [0.25, 0.3) is 0 Å². The molecule has 0 spiro atoms. The van der Waals surface area contributed by atoms with Gasteiger partial charge >= 0.3 is 6.03 Å². The van der Waals surface area contributed by atoms with Crippen LogP contribution < -0.4 is 10.6 Å². The van der Waals surface area contributed by atoms with Crippen molar-refractivity contribution in [3.63, 3.8) is 0 Å². The average molecular weight is 375 g/mol. The first-order chi connectivity index (χ1) is 12.4. The van der Waals surface area contributed by atoms with E-state index in [4.69, 9.17) is 0 Å². The zero-order valence-corrected chi connectivity index (χ0v) is 16.5. The van der Waals surface area contributed by atoms with Gasteiger partial charge in [-0.05, 0) is 31.9 Å². The Morgan fingerprint density at radius 1 is 1.15 bits per heavy atom. The summed E-state index contributed by atoms with van der Waals surface area (Å²) in [6, 6.07) is 9.15. The van der Waals surface area contributed by atoms with Crippen LogP contribution in [0.15, 0.2) is 35.7 Å². The number of nitrogens with zero attached hydrogens (tertiary/aromatic N) is 2. The summed E-state index contributed by atoms with van der Waals surface area (Å²) in [4.78, 5) is 30.8. The van der Waals surface area contributed by atoms with E-state index in [0.29, 0.717) is 24.7 Å². The first-order valence-corrected chi connectivity index (χ1v) is 9.60. The van der Waals surface area contributed by atoms with Gasteiger partial charge in [0.1, 0.15) is 10.7 Å². The molecule has 0 bridgehead atoms. The zero-order valence-electron chi connectivity index (χ0n) is 15.7. The van der Waals surface area contributed by atoms with Gasteiger partial charge in [0.15, 0.2) is 0 Å². The molecule has 1 aromatic heterocycles. The molecule has 2 aromatic rings. The minimum atomic E-state index is -0.188. The normalized spacial score (nSPS) is 10.8. The Morgan fingerprint density at radius 2 is 1.85 bits per heavy atom. The lowest BCUT2D eigenvalue weighted by molar-refractivity contribution is 0.0944. The Labute approximate surface area is 158 Å². The molecule has 0 fully saturated rings. The third-order valence-electron chi connectivity index (χ3n) is 3.67. The van der Waals surface area contributed by atoms with Crippen molar-refractivity contribution in [1.29, 1.82) is 0 Å². The number of amides is 3. The number of nitrogens with one attached hydrogen (secondary N) is 2. The summed E-state index contributed by atoms with van der Waals surface area (Å²) < 4.78 is 0. The van der Waals surface area contributed by atoms with Crippen molar-refractivity contribution in [3.8, 4) is 0 Å². The average Bonchev–Trinajstić information content (AvgIpc) is 3.07. The molecular formula is C19H26N4O2S. The number of hydrogen-bond acceptors (Lipinski definition) is 4. The summed E-state index contributed by atoms with van der Waals surface area (Å²) in [6.45, 7) is 8.96. The van der Waals surface area contributed by atoms with Gasteiger partial charge in [-0.15, -0.1) is 11.3 Å². The maximum Gasteiger partial charge on any atom is 0.322 e. The molecule has 1 aromatic carbocycles. The van der Waals surface area contributed by atoms with Gasteiger partial charge in [-0.25, -0.2) is 9.78 Å². The van der Waals surface area contributed by atoms with Crippen LogP contribution in [0.5, 0.6) is 0 Å². The largest absolute Gasteiger partial charge is 0.350 e. The molecule has 1 heterocycles. The van der Waals surface area contributed by atoms with Crippen LogP contribution in [0.4, 0.5) is 10.5 Å². The smallest absolute Gasteiger partial charge is 0.322 e. The van der Waals surface area contributed by atoms with Crippen molar-refractivity contribution in [2.75, 3.05) is 11.9 Å². The molecular weight excluding hydrogens is 348 g/mol. The number of thiazole rings is 1. The number of carbonyl (C=O) groups is 2. The van der Waals surface area contributed by atoms with Crippen molar-refractivity contribution in [1.82, 2.24) is 15.2 Å². The molecule has 0 aliphatic carbocycles. The predicted octanol–water partition coefficient (Wildman–Crippen LogP) is 3.97. The number of aromatic nitrogens is 1. The van der Waals surface area contributed by atoms with Gasteiger partial charge in [0.25, 0.3) is 5.91 Å². The van der Waals surface area contributed by atoms with Crippen LogP contribution in [0.1, 0.15) is 43.2 Å². The van der Waals surface area contributed by atoms with Gasteiger partial charge in [0.2, 0.25) is 0 Å². The van der Waals surface area contributed by atoms with E-state index in [2.05, 4.69) is 15.6 Å². The fourth-order valence-electron chi connectivity index (χ4n) is 2.23. The number of para-hydroxylation sites is 1. The molecule has 0 saturated heterocycles. The van der Waals surface area contributed by atoms with E-state index in [9.17, 15) is 9.59 Å². The van der Waals surface area contributed by atoms with Crippen molar-refractivity contribution < 1.29 is 9.59 Å². The molecule has 0 radical (unpaired) electrons. The van der Waals surface area contributed by atoms with Crippen LogP contribution in [-0.2, 0) is 6.54 Å². The molecule has 0 aliphatic rings. The number of benzene rings is 1. The Bertz CT molecular complexity index is 728. The highest BCUT2D eigenvalue weighted by Crippen LogP contribution is 2.16. The molecule has 0 aliphatic heterocycles. The fraction of sp³-hybridized carbons (Fsp3) is 0.421. The van der Waals surface area contributed by atoms with E-state index in [1.165, 1.54) is 11.3 Å². The van der Waals surface area contributed by atoms with E-state index in [-0.39, 0.29) is 18.0 Å². The van der Waals surface area contributed by atoms with Crippen LogP contribution in [-0.4, -0.2) is 34.4 Å². The van der Waals surface area contributed by atoms with Crippen LogP contribution >= 0.6 is 11.3 Å². The SMILES string of the molecule is CC(C)CNC(=O)c1csc(CN(C(=O)Nc2ccccc2)C(C)C)n1. The molecule has 0 atom stereocenters. The summed E-state index contributed by atoms with van der Waals surface area (Å²) in [5.74, 6) is 0.209. The lowest BCUT2D eigenvalue weighted by Gasteiger charge is -2.26. The molecule has 7 heteroatoms. The van der Waals surface area contributed by atoms with Gasteiger partial charge in [-0.3, -0.25) is 4.79 Å². The minimum absolute atomic E-state index is 0.000768. The minimum Gasteiger partial charge on any atom is -0.350 e. The molecule has 3 amide bonds. The second-order valence-electron chi connectivity index (χ2n) is 6.75. The Morgan fingerprint density at radius 3 is 2.46 bits per heavy atom. The van der Waals surface area contributed by atoms with Crippen LogP contribution in [0.3, 0.4) is 0 Å². The van der Waals surface area contributed by atoms with Crippen molar-refractivity contribution >= 4 is 29.0 Å². The molecule has 0 unspecified atom stereocenters. The molecule has 2 rings (SSSR count). The monoisotopic (exact) mass is 374 g/mol. The summed E-state index contributed by atoms with van der Waals surface area (Å²) in [5.41, 5.74) is 1.15. The van der Waals surface area contributed by atoms with E-state index in [0.717, 1.165) is 10.7 Å². The number of urea groups is 1. The van der Waals surface area contributed by atoms with Gasteiger partial charge < -0.3 is 15.5 Å². The maximum atomic E-state index is 12.6. The van der Waals surface area contributed by atoms with Crippen molar-refractivity contribution in [2.45, 2.75) is 40.3 Å². The third kappa shape index (κ3) is 5.84. The van der Waals surface area contributed by atoms with Crippen molar-refractivity contribution in [2.24, 2.45) is 5.92 Å². The summed E-state index contributed by atoms with van der Waals surface area (Å²) in [5, 5.41) is 8.21. The Hall–Kier alpha value is -2.41. The standard InChI is InChI=1S/C19H26N4O2S/c1-13(2)10-20-18(24)16-12-26-17(22-16)11-23(14(3)4)19(25)21-15-8-6-5-7-9-15/h5-9,12-14H,10-11H2,1-4H3,(H,20,24)(H,21,25). The molecule has 140 valence electrons. The van der Waals surface area contributed by atoms with Crippen LogP contribution in [0, 0.1) is 5.92 Å². The number of carbonyl (C=O) groups excluding carboxylic acids is 2. The van der Waals surface area contributed by atoms with Crippen molar-refractivity contribution in [3.05, 3.63) is 46.4 Å². The van der Waals surface area contributed by atoms with E-state index in [1.54, 1.807) is 10.3 Å². The van der Waals surface area contributed by atoms with Gasteiger partial charge in [0, 0.05) is 23.7 Å². The van der Waals surface area contributed by atoms with E-state index < -0.39 is 0 Å². The van der Waals surface area contributed by atoms with E-state index in [1.807, 2.05) is 58.0 Å². The summed E-state index contributed by atoms with van der Waals surface area (Å²) >= 11 is 1.39. The lowest BCUT2D eigenvalue weighted by atomic mass is 10.2. The molecule has 2 N–H and O–H groups in total. The number of anilines is 1.